The normalized spacial score (nSPS) is 19.2. The van der Waals surface area contributed by atoms with E-state index in [2.05, 4.69) is 4.90 Å². The fraction of sp³-hybridized carbons (Fsp3) is 0.500. The monoisotopic (exact) mass is 340 g/mol. The molecule has 0 atom stereocenters. The van der Waals surface area contributed by atoms with E-state index in [1.54, 1.807) is 0 Å². The van der Waals surface area contributed by atoms with Crippen LogP contribution in [-0.4, -0.2) is 41.4 Å². The van der Waals surface area contributed by atoms with Crippen molar-refractivity contribution in [2.24, 2.45) is 0 Å². The summed E-state index contributed by atoms with van der Waals surface area (Å²) in [5, 5.41) is 0.591. The largest absolute Gasteiger partial charge is 0.286 e. The maximum absolute atomic E-state index is 12.5. The van der Waals surface area contributed by atoms with Crippen molar-refractivity contribution in [3.05, 3.63) is 33.3 Å². The van der Waals surface area contributed by atoms with Gasteiger partial charge in [0.1, 0.15) is 0 Å². The molecule has 0 radical (unpaired) electrons. The van der Waals surface area contributed by atoms with Gasteiger partial charge >= 0.3 is 0 Å². The van der Waals surface area contributed by atoms with Crippen molar-refractivity contribution in [3.8, 4) is 0 Å². The SMILES string of the molecule is CN(CN1C(=O)c2cc(Cl)c(Cl)cc2C1=O)C1CCCCC1. The van der Waals surface area contributed by atoms with Crippen LogP contribution in [0.25, 0.3) is 0 Å². The summed E-state index contributed by atoms with van der Waals surface area (Å²) in [5.41, 5.74) is 0.688. The zero-order valence-corrected chi connectivity index (χ0v) is 14.0. The number of halogens is 2. The quantitative estimate of drug-likeness (QED) is 0.785. The summed E-state index contributed by atoms with van der Waals surface area (Å²) < 4.78 is 0. The number of hydrogen-bond donors (Lipinski definition) is 0. The summed E-state index contributed by atoms with van der Waals surface area (Å²) in [6.07, 6.45) is 5.94. The van der Waals surface area contributed by atoms with Gasteiger partial charge in [-0.3, -0.25) is 19.4 Å². The molecule has 2 aliphatic rings. The third kappa shape index (κ3) is 2.75. The Morgan fingerprint density at radius 2 is 1.55 bits per heavy atom. The molecule has 1 aromatic carbocycles. The van der Waals surface area contributed by atoms with Crippen molar-refractivity contribution in [1.29, 1.82) is 0 Å². The first-order valence-corrected chi connectivity index (χ1v) is 8.30. The Balaban J connectivity index is 1.78. The Morgan fingerprint density at radius 1 is 1.05 bits per heavy atom. The van der Waals surface area contributed by atoms with Crippen molar-refractivity contribution >= 4 is 35.0 Å². The summed E-state index contributed by atoms with van der Waals surface area (Å²) in [7, 11) is 1.97. The zero-order chi connectivity index (χ0) is 15.9. The second-order valence-corrected chi connectivity index (χ2v) is 6.85. The molecule has 1 aromatic rings. The number of benzene rings is 1. The summed E-state index contributed by atoms with van der Waals surface area (Å²) in [4.78, 5) is 28.3. The van der Waals surface area contributed by atoms with E-state index in [-0.39, 0.29) is 11.8 Å². The number of nitrogens with zero attached hydrogens (tertiary/aromatic N) is 2. The first kappa shape index (κ1) is 15.8. The molecular formula is C16H18Cl2N2O2. The smallest absolute Gasteiger partial charge is 0.262 e. The average Bonchev–Trinajstić information content (AvgIpc) is 2.74. The Bertz CT molecular complexity index is 586. The van der Waals surface area contributed by atoms with Gasteiger partial charge in [-0.1, -0.05) is 42.5 Å². The van der Waals surface area contributed by atoms with E-state index in [4.69, 9.17) is 23.2 Å². The molecule has 0 spiro atoms. The lowest BCUT2D eigenvalue weighted by atomic mass is 9.95. The topological polar surface area (TPSA) is 40.6 Å². The maximum atomic E-state index is 12.5. The second-order valence-electron chi connectivity index (χ2n) is 6.04. The molecule has 1 aliphatic carbocycles. The van der Waals surface area contributed by atoms with Crippen LogP contribution in [0.5, 0.6) is 0 Å². The number of hydrogen-bond acceptors (Lipinski definition) is 3. The van der Waals surface area contributed by atoms with Gasteiger partial charge in [0.2, 0.25) is 0 Å². The third-order valence-corrected chi connectivity index (χ3v) is 5.30. The van der Waals surface area contributed by atoms with Gasteiger partial charge in [0.05, 0.1) is 27.8 Å². The van der Waals surface area contributed by atoms with Gasteiger partial charge in [0.15, 0.2) is 0 Å². The molecule has 1 saturated carbocycles. The Morgan fingerprint density at radius 3 is 2.05 bits per heavy atom. The molecule has 4 nitrogen and oxygen atoms in total. The van der Waals surface area contributed by atoms with Crippen LogP contribution in [0.2, 0.25) is 10.0 Å². The van der Waals surface area contributed by atoms with Gasteiger partial charge in [0, 0.05) is 6.04 Å². The minimum absolute atomic E-state index is 0.291. The van der Waals surface area contributed by atoms with E-state index in [1.807, 2.05) is 7.05 Å². The lowest BCUT2D eigenvalue weighted by Crippen LogP contribution is -2.44. The Kier molecular flexibility index (Phi) is 4.44. The fourth-order valence-electron chi connectivity index (χ4n) is 3.27. The average molecular weight is 341 g/mol. The highest BCUT2D eigenvalue weighted by molar-refractivity contribution is 6.43. The Hall–Kier alpha value is -1.10. The van der Waals surface area contributed by atoms with E-state index in [1.165, 1.54) is 36.3 Å². The van der Waals surface area contributed by atoms with Gasteiger partial charge in [-0.2, -0.15) is 0 Å². The predicted molar refractivity (Wildman–Crippen MR) is 86.5 cm³/mol. The molecular weight excluding hydrogens is 323 g/mol. The van der Waals surface area contributed by atoms with Gasteiger partial charge in [-0.15, -0.1) is 0 Å². The minimum atomic E-state index is -0.291. The first-order valence-electron chi connectivity index (χ1n) is 7.54. The molecule has 0 saturated heterocycles. The second kappa shape index (κ2) is 6.19. The van der Waals surface area contributed by atoms with E-state index in [9.17, 15) is 9.59 Å². The predicted octanol–water partition coefficient (Wildman–Crippen LogP) is 3.81. The maximum Gasteiger partial charge on any atom is 0.262 e. The molecule has 1 heterocycles. The lowest BCUT2D eigenvalue weighted by Gasteiger charge is -2.33. The van der Waals surface area contributed by atoms with Gasteiger partial charge in [-0.05, 0) is 32.0 Å². The van der Waals surface area contributed by atoms with Crippen LogP contribution in [-0.2, 0) is 0 Å². The highest BCUT2D eigenvalue weighted by Crippen LogP contribution is 2.32. The van der Waals surface area contributed by atoms with Crippen LogP contribution in [0, 0.1) is 0 Å². The van der Waals surface area contributed by atoms with Crippen molar-refractivity contribution in [1.82, 2.24) is 9.80 Å². The molecule has 0 N–H and O–H groups in total. The number of imide groups is 1. The van der Waals surface area contributed by atoms with Crippen molar-refractivity contribution < 1.29 is 9.59 Å². The van der Waals surface area contributed by atoms with Crippen molar-refractivity contribution in [2.75, 3.05) is 13.7 Å². The molecule has 0 unspecified atom stereocenters. The van der Waals surface area contributed by atoms with Gasteiger partial charge in [-0.25, -0.2) is 0 Å². The standard InChI is InChI=1S/C16H18Cl2N2O2/c1-19(10-5-3-2-4-6-10)9-20-15(21)11-7-13(17)14(18)8-12(11)16(20)22/h7-8,10H,2-6,9H2,1H3. The molecule has 6 heteroatoms. The van der Waals surface area contributed by atoms with E-state index in [0.29, 0.717) is 33.9 Å². The molecule has 2 amide bonds. The molecule has 3 rings (SSSR count). The molecule has 0 bridgehead atoms. The third-order valence-electron chi connectivity index (χ3n) is 4.57. The fourth-order valence-corrected chi connectivity index (χ4v) is 3.60. The summed E-state index contributed by atoms with van der Waals surface area (Å²) >= 11 is 11.9. The van der Waals surface area contributed by atoms with Crippen molar-refractivity contribution in [2.45, 2.75) is 38.1 Å². The zero-order valence-electron chi connectivity index (χ0n) is 12.4. The first-order chi connectivity index (χ1) is 10.5. The summed E-state index contributed by atoms with van der Waals surface area (Å²) in [6.45, 7) is 0.312. The van der Waals surface area contributed by atoms with E-state index >= 15 is 0 Å². The summed E-state index contributed by atoms with van der Waals surface area (Å²) in [5.74, 6) is -0.581. The number of carbonyl (C=O) groups excluding carboxylic acids is 2. The van der Waals surface area contributed by atoms with Crippen molar-refractivity contribution in [3.63, 3.8) is 0 Å². The lowest BCUT2D eigenvalue weighted by molar-refractivity contribution is 0.0499. The molecule has 1 aliphatic heterocycles. The molecule has 22 heavy (non-hydrogen) atoms. The molecule has 118 valence electrons. The van der Waals surface area contributed by atoms with Crippen LogP contribution >= 0.6 is 23.2 Å². The molecule has 1 fully saturated rings. The van der Waals surface area contributed by atoms with Gasteiger partial charge in [0.25, 0.3) is 11.8 Å². The number of carbonyl (C=O) groups is 2. The van der Waals surface area contributed by atoms with Crippen LogP contribution < -0.4 is 0 Å². The van der Waals surface area contributed by atoms with E-state index in [0.717, 1.165) is 12.8 Å². The number of amides is 2. The Labute approximate surface area is 140 Å². The number of fused-ring (bicyclic) bond motifs is 1. The number of rotatable bonds is 3. The van der Waals surface area contributed by atoms with Crippen LogP contribution in [0.3, 0.4) is 0 Å². The van der Waals surface area contributed by atoms with Crippen LogP contribution in [0.4, 0.5) is 0 Å². The minimum Gasteiger partial charge on any atom is -0.286 e. The highest BCUT2D eigenvalue weighted by Gasteiger charge is 2.37. The highest BCUT2D eigenvalue weighted by atomic mass is 35.5. The van der Waals surface area contributed by atoms with Gasteiger partial charge < -0.3 is 0 Å². The van der Waals surface area contributed by atoms with Crippen LogP contribution in [0.1, 0.15) is 52.8 Å². The van der Waals surface area contributed by atoms with E-state index < -0.39 is 0 Å². The summed E-state index contributed by atoms with van der Waals surface area (Å²) in [6, 6.07) is 3.41. The molecule has 0 aromatic heterocycles. The van der Waals surface area contributed by atoms with Crippen LogP contribution in [0.15, 0.2) is 12.1 Å².